The Hall–Kier alpha value is -0.910. The molecule has 3 nitrogen and oxygen atoms in total. The molecule has 0 aliphatic heterocycles. The van der Waals surface area contributed by atoms with Crippen LogP contribution in [0.15, 0.2) is 34.4 Å². The van der Waals surface area contributed by atoms with E-state index in [1.165, 1.54) is 4.88 Å². The van der Waals surface area contributed by atoms with Crippen LogP contribution in [0.5, 0.6) is 5.75 Å². The molecule has 2 aromatic rings. The Morgan fingerprint density at radius 1 is 1.35 bits per heavy atom. The normalized spacial score (nSPS) is 12.7. The summed E-state index contributed by atoms with van der Waals surface area (Å²) < 4.78 is 6.84. The zero-order valence-electron chi connectivity index (χ0n) is 11.9. The van der Waals surface area contributed by atoms with Gasteiger partial charge >= 0.3 is 0 Å². The predicted octanol–water partition coefficient (Wildman–Crippen LogP) is 4.39. The van der Waals surface area contributed by atoms with Gasteiger partial charge in [0.15, 0.2) is 0 Å². The van der Waals surface area contributed by atoms with E-state index in [1.807, 2.05) is 20.0 Å². The van der Waals surface area contributed by atoms with Crippen molar-refractivity contribution in [3.05, 3.63) is 44.8 Å². The summed E-state index contributed by atoms with van der Waals surface area (Å²) in [6.07, 6.45) is 3.81. The monoisotopic (exact) mass is 354 g/mol. The lowest BCUT2D eigenvalue weighted by Crippen LogP contribution is -2.21. The molecule has 108 valence electrons. The largest absolute Gasteiger partial charge is 0.489 e. The molecule has 5 heteroatoms. The molecule has 0 fully saturated rings. The van der Waals surface area contributed by atoms with E-state index in [-0.39, 0.29) is 12.1 Å². The first-order valence-electron chi connectivity index (χ1n) is 6.69. The molecule has 0 amide bonds. The molecular formula is C15H19BrN2OS. The fourth-order valence-electron chi connectivity index (χ4n) is 2.00. The summed E-state index contributed by atoms with van der Waals surface area (Å²) in [6.45, 7) is 7.04. The highest BCUT2D eigenvalue weighted by atomic mass is 79.9. The standard InChI is InChI=1S/C15H19BrN2OS/c1-4-18-15(14-6-12(16)9-20-14)11-5-13(8-17-7-11)19-10(2)3/h5-10,15,18H,4H2,1-3H3. The zero-order chi connectivity index (χ0) is 14.5. The Labute approximate surface area is 132 Å². The Kier molecular flexibility index (Phi) is 5.57. The molecule has 2 heterocycles. The maximum absolute atomic E-state index is 5.73. The van der Waals surface area contributed by atoms with Gasteiger partial charge in [-0.3, -0.25) is 4.98 Å². The number of hydrogen-bond donors (Lipinski definition) is 1. The van der Waals surface area contributed by atoms with Gasteiger partial charge in [0, 0.05) is 20.9 Å². The van der Waals surface area contributed by atoms with Gasteiger partial charge in [-0.15, -0.1) is 11.3 Å². The highest BCUT2D eigenvalue weighted by Gasteiger charge is 2.16. The van der Waals surface area contributed by atoms with Gasteiger partial charge in [-0.1, -0.05) is 6.92 Å². The number of pyridine rings is 1. The summed E-state index contributed by atoms with van der Waals surface area (Å²) in [5.74, 6) is 0.816. The molecule has 0 aromatic carbocycles. The van der Waals surface area contributed by atoms with E-state index in [4.69, 9.17) is 4.74 Å². The third-order valence-electron chi connectivity index (χ3n) is 2.72. The number of ether oxygens (including phenoxy) is 1. The maximum Gasteiger partial charge on any atom is 0.138 e. The molecule has 0 saturated heterocycles. The molecule has 1 N–H and O–H groups in total. The first-order chi connectivity index (χ1) is 9.60. The van der Waals surface area contributed by atoms with Gasteiger partial charge in [-0.2, -0.15) is 0 Å². The van der Waals surface area contributed by atoms with Crippen LogP contribution in [0, 0.1) is 0 Å². The molecule has 0 radical (unpaired) electrons. The minimum Gasteiger partial charge on any atom is -0.489 e. The van der Waals surface area contributed by atoms with Crippen LogP contribution in [-0.2, 0) is 0 Å². The molecule has 1 unspecified atom stereocenters. The first kappa shape index (κ1) is 15.5. The Balaban J connectivity index is 2.29. The van der Waals surface area contributed by atoms with E-state index < -0.39 is 0 Å². The van der Waals surface area contributed by atoms with E-state index in [9.17, 15) is 0 Å². The van der Waals surface area contributed by atoms with Crippen molar-refractivity contribution in [1.29, 1.82) is 0 Å². The van der Waals surface area contributed by atoms with Crippen LogP contribution in [0.4, 0.5) is 0 Å². The van der Waals surface area contributed by atoms with Gasteiger partial charge in [0.2, 0.25) is 0 Å². The lowest BCUT2D eigenvalue weighted by atomic mass is 10.1. The average Bonchev–Trinajstić information content (AvgIpc) is 2.82. The van der Waals surface area contributed by atoms with E-state index in [2.05, 4.69) is 50.7 Å². The van der Waals surface area contributed by atoms with Crippen molar-refractivity contribution in [3.63, 3.8) is 0 Å². The first-order valence-corrected chi connectivity index (χ1v) is 8.36. The van der Waals surface area contributed by atoms with Gasteiger partial charge in [0.05, 0.1) is 18.3 Å². The second-order valence-electron chi connectivity index (χ2n) is 4.78. The summed E-state index contributed by atoms with van der Waals surface area (Å²) in [5, 5.41) is 5.60. The van der Waals surface area contributed by atoms with Crippen LogP contribution >= 0.6 is 27.3 Å². The van der Waals surface area contributed by atoms with Crippen molar-refractivity contribution in [2.75, 3.05) is 6.54 Å². The van der Waals surface area contributed by atoms with E-state index in [1.54, 1.807) is 17.5 Å². The lowest BCUT2D eigenvalue weighted by molar-refractivity contribution is 0.241. The summed E-state index contributed by atoms with van der Waals surface area (Å²) in [6, 6.07) is 4.36. The maximum atomic E-state index is 5.73. The number of thiophene rings is 1. The third-order valence-corrected chi connectivity index (χ3v) is 4.48. The topological polar surface area (TPSA) is 34.2 Å². The minimum atomic E-state index is 0.152. The third kappa shape index (κ3) is 4.04. The number of nitrogens with zero attached hydrogens (tertiary/aromatic N) is 1. The number of halogens is 1. The quantitative estimate of drug-likeness (QED) is 0.834. The fraction of sp³-hybridized carbons (Fsp3) is 0.400. The Morgan fingerprint density at radius 2 is 2.15 bits per heavy atom. The van der Waals surface area contributed by atoms with Crippen LogP contribution < -0.4 is 10.1 Å². The van der Waals surface area contributed by atoms with Gasteiger partial charge < -0.3 is 10.1 Å². The SMILES string of the molecule is CCNC(c1cncc(OC(C)C)c1)c1cc(Br)cs1. The van der Waals surface area contributed by atoms with Crippen molar-refractivity contribution in [2.45, 2.75) is 32.9 Å². The fourth-order valence-corrected chi connectivity index (χ4v) is 3.54. The molecule has 20 heavy (non-hydrogen) atoms. The van der Waals surface area contributed by atoms with Crippen LogP contribution in [-0.4, -0.2) is 17.6 Å². The molecule has 2 aromatic heterocycles. The second-order valence-corrected chi connectivity index (χ2v) is 6.64. The van der Waals surface area contributed by atoms with Crippen LogP contribution in [0.25, 0.3) is 0 Å². The minimum absolute atomic E-state index is 0.152. The van der Waals surface area contributed by atoms with Crippen molar-refractivity contribution in [2.24, 2.45) is 0 Å². The molecule has 0 aliphatic carbocycles. The number of rotatable bonds is 6. The van der Waals surface area contributed by atoms with Crippen LogP contribution in [0.1, 0.15) is 37.3 Å². The Morgan fingerprint density at radius 3 is 2.75 bits per heavy atom. The summed E-state index contributed by atoms with van der Waals surface area (Å²) >= 11 is 5.25. The predicted molar refractivity (Wildman–Crippen MR) is 87.5 cm³/mol. The van der Waals surface area contributed by atoms with Crippen molar-refractivity contribution in [1.82, 2.24) is 10.3 Å². The highest BCUT2D eigenvalue weighted by molar-refractivity contribution is 9.10. The van der Waals surface area contributed by atoms with Crippen molar-refractivity contribution < 1.29 is 4.74 Å². The molecular weight excluding hydrogens is 336 g/mol. The van der Waals surface area contributed by atoms with E-state index >= 15 is 0 Å². The van der Waals surface area contributed by atoms with Crippen LogP contribution in [0.2, 0.25) is 0 Å². The van der Waals surface area contributed by atoms with Gasteiger partial charge in [-0.05, 0) is 54.0 Å². The number of aromatic nitrogens is 1. The molecule has 2 rings (SSSR count). The smallest absolute Gasteiger partial charge is 0.138 e. The number of nitrogens with one attached hydrogen (secondary N) is 1. The molecule has 1 atom stereocenters. The number of hydrogen-bond acceptors (Lipinski definition) is 4. The van der Waals surface area contributed by atoms with E-state index in [0.717, 1.165) is 22.3 Å². The van der Waals surface area contributed by atoms with E-state index in [0.29, 0.717) is 0 Å². The second kappa shape index (κ2) is 7.20. The Bertz CT molecular complexity index is 556. The molecule has 0 saturated carbocycles. The molecule has 0 bridgehead atoms. The van der Waals surface area contributed by atoms with Crippen LogP contribution in [0.3, 0.4) is 0 Å². The van der Waals surface area contributed by atoms with Gasteiger partial charge in [-0.25, -0.2) is 0 Å². The van der Waals surface area contributed by atoms with Crippen molar-refractivity contribution >= 4 is 27.3 Å². The summed E-state index contributed by atoms with van der Waals surface area (Å²) in [5.41, 5.74) is 1.12. The molecule has 0 aliphatic rings. The van der Waals surface area contributed by atoms with Crippen molar-refractivity contribution in [3.8, 4) is 5.75 Å². The summed E-state index contributed by atoms with van der Waals surface area (Å²) in [7, 11) is 0. The molecule has 0 spiro atoms. The average molecular weight is 355 g/mol. The highest BCUT2D eigenvalue weighted by Crippen LogP contribution is 2.31. The van der Waals surface area contributed by atoms with Gasteiger partial charge in [0.25, 0.3) is 0 Å². The lowest BCUT2D eigenvalue weighted by Gasteiger charge is -2.18. The zero-order valence-corrected chi connectivity index (χ0v) is 14.3. The summed E-state index contributed by atoms with van der Waals surface area (Å²) in [4.78, 5) is 5.57. The van der Waals surface area contributed by atoms with Gasteiger partial charge in [0.1, 0.15) is 5.75 Å².